The van der Waals surface area contributed by atoms with Gasteiger partial charge in [0.2, 0.25) is 0 Å². The van der Waals surface area contributed by atoms with Gasteiger partial charge < -0.3 is 19.5 Å². The Hall–Kier alpha value is -3.01. The summed E-state index contributed by atoms with van der Waals surface area (Å²) in [4.78, 5) is 27.0. The first-order chi connectivity index (χ1) is 13.7. The number of nitrogens with zero attached hydrogens (tertiary/aromatic N) is 1. The number of halogens is 4. The van der Waals surface area contributed by atoms with Crippen LogP contribution in [-0.2, 0) is 20.5 Å². The first-order valence-electron chi connectivity index (χ1n) is 8.23. The zero-order valence-corrected chi connectivity index (χ0v) is 15.8. The van der Waals surface area contributed by atoms with Crippen LogP contribution in [0, 0.1) is 0 Å². The van der Waals surface area contributed by atoms with Crippen LogP contribution < -0.4 is 14.8 Å². The predicted octanol–water partition coefficient (Wildman–Crippen LogP) is 3.71. The summed E-state index contributed by atoms with van der Waals surface area (Å²) in [7, 11) is 0. The molecule has 0 aliphatic rings. The van der Waals surface area contributed by atoms with Gasteiger partial charge in [-0.1, -0.05) is 23.7 Å². The van der Waals surface area contributed by atoms with Gasteiger partial charge in [-0.3, -0.25) is 4.79 Å². The van der Waals surface area contributed by atoms with Crippen LogP contribution >= 0.6 is 11.6 Å². The Labute approximate surface area is 168 Å². The molecule has 1 aromatic carbocycles. The van der Waals surface area contributed by atoms with Crippen LogP contribution in [0.3, 0.4) is 0 Å². The minimum atomic E-state index is -4.62. The van der Waals surface area contributed by atoms with Crippen molar-refractivity contribution < 1.29 is 37.0 Å². The lowest BCUT2D eigenvalue weighted by Gasteiger charge is -2.12. The fourth-order valence-corrected chi connectivity index (χ4v) is 2.24. The van der Waals surface area contributed by atoms with E-state index in [1.165, 1.54) is 0 Å². The molecule has 1 aromatic heterocycles. The minimum Gasteiger partial charge on any atom is -0.490 e. The predicted molar refractivity (Wildman–Crippen MR) is 96.9 cm³/mol. The molecule has 0 saturated carbocycles. The van der Waals surface area contributed by atoms with Crippen LogP contribution in [0.4, 0.5) is 19.0 Å². The van der Waals surface area contributed by atoms with Crippen LogP contribution in [0.25, 0.3) is 0 Å². The van der Waals surface area contributed by atoms with Crippen LogP contribution in [0.15, 0.2) is 36.5 Å². The van der Waals surface area contributed by atoms with E-state index < -0.39 is 41.9 Å². The Balaban J connectivity index is 1.83. The lowest BCUT2D eigenvalue weighted by atomic mass is 10.3. The zero-order chi connectivity index (χ0) is 21.4. The molecule has 7 nitrogen and oxygen atoms in total. The standard InChI is InChI=1S/C18H16ClF3N2O5/c1-2-27-13-5-3-4-6-14(13)28-10-16(26)29-9-15(25)24-17-12(19)7-11(8-23-17)18(20,21)22/h3-8H,2,9-10H2,1H3,(H,23,24,25). The smallest absolute Gasteiger partial charge is 0.417 e. The number of aromatic nitrogens is 1. The molecule has 0 spiro atoms. The number of amides is 1. The van der Waals surface area contributed by atoms with Crippen molar-refractivity contribution in [1.82, 2.24) is 4.98 Å². The number of para-hydroxylation sites is 2. The highest BCUT2D eigenvalue weighted by molar-refractivity contribution is 6.33. The molecule has 156 valence electrons. The lowest BCUT2D eigenvalue weighted by Crippen LogP contribution is -2.24. The Kier molecular flexibility index (Phi) is 7.66. The van der Waals surface area contributed by atoms with Gasteiger partial charge in [-0.2, -0.15) is 13.2 Å². The maximum absolute atomic E-state index is 12.6. The molecule has 0 bridgehead atoms. The van der Waals surface area contributed by atoms with E-state index in [0.717, 1.165) is 0 Å². The fourth-order valence-electron chi connectivity index (χ4n) is 2.02. The number of carbonyl (C=O) groups excluding carboxylic acids is 2. The summed E-state index contributed by atoms with van der Waals surface area (Å²) in [6.45, 7) is 1.03. The second-order valence-electron chi connectivity index (χ2n) is 5.43. The number of hydrogen-bond acceptors (Lipinski definition) is 6. The van der Waals surface area contributed by atoms with Crippen LogP contribution in [-0.4, -0.2) is 36.7 Å². The number of rotatable bonds is 8. The van der Waals surface area contributed by atoms with E-state index in [4.69, 9.17) is 25.8 Å². The molecule has 0 atom stereocenters. The average Bonchev–Trinajstić information content (AvgIpc) is 2.66. The molecule has 1 heterocycles. The summed E-state index contributed by atoms with van der Waals surface area (Å²) < 4.78 is 53.1. The second-order valence-corrected chi connectivity index (χ2v) is 5.84. The molecular formula is C18H16ClF3N2O5. The van der Waals surface area contributed by atoms with Gasteiger partial charge in [-0.15, -0.1) is 0 Å². The van der Waals surface area contributed by atoms with Crippen LogP contribution in [0.5, 0.6) is 11.5 Å². The third-order valence-electron chi connectivity index (χ3n) is 3.29. The van der Waals surface area contributed by atoms with E-state index in [9.17, 15) is 22.8 Å². The van der Waals surface area contributed by atoms with Gasteiger partial charge in [0, 0.05) is 6.20 Å². The van der Waals surface area contributed by atoms with Crippen molar-refractivity contribution in [1.29, 1.82) is 0 Å². The number of carbonyl (C=O) groups is 2. The van der Waals surface area contributed by atoms with Gasteiger partial charge in [0.15, 0.2) is 30.5 Å². The number of esters is 1. The highest BCUT2D eigenvalue weighted by atomic mass is 35.5. The van der Waals surface area contributed by atoms with Crippen molar-refractivity contribution in [3.05, 3.63) is 47.1 Å². The molecule has 0 radical (unpaired) electrons. The maximum atomic E-state index is 12.6. The van der Waals surface area contributed by atoms with Crippen molar-refractivity contribution in [2.24, 2.45) is 0 Å². The van der Waals surface area contributed by atoms with Gasteiger partial charge in [-0.05, 0) is 25.1 Å². The van der Waals surface area contributed by atoms with Crippen LogP contribution in [0.1, 0.15) is 12.5 Å². The second kappa shape index (κ2) is 9.97. The number of hydrogen-bond donors (Lipinski definition) is 1. The Bertz CT molecular complexity index is 877. The Morgan fingerprint density at radius 2 is 1.79 bits per heavy atom. The monoisotopic (exact) mass is 432 g/mol. The third kappa shape index (κ3) is 6.83. The van der Waals surface area contributed by atoms with Crippen molar-refractivity contribution in [3.63, 3.8) is 0 Å². The van der Waals surface area contributed by atoms with E-state index in [0.29, 0.717) is 30.4 Å². The van der Waals surface area contributed by atoms with Gasteiger partial charge in [0.25, 0.3) is 5.91 Å². The van der Waals surface area contributed by atoms with E-state index in [2.05, 4.69) is 10.3 Å². The first kappa shape index (κ1) is 22.3. The summed E-state index contributed by atoms with van der Waals surface area (Å²) in [6, 6.07) is 7.32. The number of alkyl halides is 3. The maximum Gasteiger partial charge on any atom is 0.417 e. The highest BCUT2D eigenvalue weighted by Crippen LogP contribution is 2.32. The molecule has 1 N–H and O–H groups in total. The summed E-state index contributed by atoms with van der Waals surface area (Å²) in [5, 5.41) is 1.75. The minimum absolute atomic E-state index is 0.289. The summed E-state index contributed by atoms with van der Waals surface area (Å²) in [5.41, 5.74) is -1.06. The normalized spacial score (nSPS) is 10.9. The number of anilines is 1. The van der Waals surface area contributed by atoms with Crippen molar-refractivity contribution in [3.8, 4) is 11.5 Å². The van der Waals surface area contributed by atoms with Crippen LogP contribution in [0.2, 0.25) is 5.02 Å². The average molecular weight is 433 g/mol. The highest BCUT2D eigenvalue weighted by Gasteiger charge is 2.31. The van der Waals surface area contributed by atoms with E-state index >= 15 is 0 Å². The molecular weight excluding hydrogens is 417 g/mol. The topological polar surface area (TPSA) is 86.8 Å². The number of pyridine rings is 1. The van der Waals surface area contributed by atoms with Crippen molar-refractivity contribution in [2.45, 2.75) is 13.1 Å². The number of ether oxygens (including phenoxy) is 3. The number of nitrogens with one attached hydrogen (secondary N) is 1. The first-order valence-corrected chi connectivity index (χ1v) is 8.61. The van der Waals surface area contributed by atoms with E-state index in [1.807, 2.05) is 0 Å². The molecule has 0 saturated heterocycles. The largest absolute Gasteiger partial charge is 0.490 e. The van der Waals surface area contributed by atoms with E-state index in [-0.39, 0.29) is 5.82 Å². The summed E-state index contributed by atoms with van der Waals surface area (Å²) >= 11 is 5.68. The van der Waals surface area contributed by atoms with Gasteiger partial charge in [0.1, 0.15) is 0 Å². The molecule has 29 heavy (non-hydrogen) atoms. The molecule has 0 aliphatic heterocycles. The molecule has 1 amide bonds. The quantitative estimate of drug-likeness (QED) is 0.640. The van der Waals surface area contributed by atoms with Crippen molar-refractivity contribution >= 4 is 29.3 Å². The van der Waals surface area contributed by atoms with Crippen molar-refractivity contribution in [2.75, 3.05) is 25.1 Å². The number of benzene rings is 1. The SMILES string of the molecule is CCOc1ccccc1OCC(=O)OCC(=O)Nc1ncc(C(F)(F)F)cc1Cl. The van der Waals surface area contributed by atoms with Gasteiger partial charge in [-0.25, -0.2) is 9.78 Å². The fraction of sp³-hybridized carbons (Fsp3) is 0.278. The van der Waals surface area contributed by atoms with Gasteiger partial charge >= 0.3 is 12.1 Å². The third-order valence-corrected chi connectivity index (χ3v) is 3.57. The Morgan fingerprint density at radius 3 is 2.38 bits per heavy atom. The molecule has 2 rings (SSSR count). The lowest BCUT2D eigenvalue weighted by molar-refractivity contribution is -0.149. The summed E-state index contributed by atoms with van der Waals surface area (Å²) in [5.74, 6) is -1.18. The molecule has 0 aliphatic carbocycles. The van der Waals surface area contributed by atoms with E-state index in [1.54, 1.807) is 31.2 Å². The molecule has 2 aromatic rings. The summed E-state index contributed by atoms with van der Waals surface area (Å²) in [6.07, 6.45) is -4.09. The molecule has 0 fully saturated rings. The van der Waals surface area contributed by atoms with Gasteiger partial charge in [0.05, 0.1) is 17.2 Å². The Morgan fingerprint density at radius 1 is 1.14 bits per heavy atom. The molecule has 11 heteroatoms. The molecule has 0 unspecified atom stereocenters. The zero-order valence-electron chi connectivity index (χ0n) is 15.1.